The lowest BCUT2D eigenvalue weighted by Crippen LogP contribution is -1.90. The highest BCUT2D eigenvalue weighted by Crippen LogP contribution is 2.28. The molecular formula is C18H20O2. The van der Waals surface area contributed by atoms with Gasteiger partial charge in [-0.3, -0.25) is 0 Å². The molecule has 0 unspecified atom stereocenters. The van der Waals surface area contributed by atoms with Gasteiger partial charge in [-0.15, -0.1) is 0 Å². The van der Waals surface area contributed by atoms with Crippen LogP contribution >= 0.6 is 0 Å². The average molecular weight is 268 g/mol. The lowest BCUT2D eigenvalue weighted by molar-refractivity contribution is 0.355. The molecular weight excluding hydrogens is 248 g/mol. The van der Waals surface area contributed by atoms with E-state index in [4.69, 9.17) is 9.47 Å². The first-order chi connectivity index (χ1) is 9.72. The highest BCUT2D eigenvalue weighted by atomic mass is 16.5. The first kappa shape index (κ1) is 14.2. The molecule has 2 aromatic carbocycles. The van der Waals surface area contributed by atoms with Gasteiger partial charge in [-0.25, -0.2) is 0 Å². The zero-order valence-electron chi connectivity index (χ0n) is 12.2. The minimum atomic E-state index is 0.753. The van der Waals surface area contributed by atoms with Crippen LogP contribution in [-0.2, 0) is 6.42 Å². The van der Waals surface area contributed by atoms with Crippen molar-refractivity contribution >= 4 is 6.08 Å². The molecule has 2 heteroatoms. The summed E-state index contributed by atoms with van der Waals surface area (Å²) >= 11 is 0. The monoisotopic (exact) mass is 268 g/mol. The third-order valence-electron chi connectivity index (χ3n) is 3.15. The van der Waals surface area contributed by atoms with E-state index in [-0.39, 0.29) is 0 Å². The summed E-state index contributed by atoms with van der Waals surface area (Å²) in [7, 11) is 3.29. The maximum absolute atomic E-state index is 5.30. The number of allylic oxidation sites excluding steroid dienone is 1. The molecule has 0 fully saturated rings. The average Bonchev–Trinajstić information content (AvgIpc) is 2.47. The maximum atomic E-state index is 5.30. The molecule has 0 spiro atoms. The van der Waals surface area contributed by atoms with Crippen molar-refractivity contribution in [2.75, 3.05) is 14.2 Å². The van der Waals surface area contributed by atoms with Crippen LogP contribution in [-0.4, -0.2) is 14.2 Å². The Labute approximate surface area is 120 Å². The Balaban J connectivity index is 2.08. The van der Waals surface area contributed by atoms with Gasteiger partial charge in [-0.05, 0) is 36.6 Å². The quantitative estimate of drug-likeness (QED) is 0.806. The van der Waals surface area contributed by atoms with E-state index in [1.807, 2.05) is 18.2 Å². The summed E-state index contributed by atoms with van der Waals surface area (Å²) in [5, 5.41) is 0. The third kappa shape index (κ3) is 3.64. The number of benzene rings is 2. The van der Waals surface area contributed by atoms with Gasteiger partial charge in [0.25, 0.3) is 0 Å². The smallest absolute Gasteiger partial charge is 0.161 e. The Morgan fingerprint density at radius 3 is 2.45 bits per heavy atom. The number of aryl methyl sites for hydroxylation is 1. The summed E-state index contributed by atoms with van der Waals surface area (Å²) in [6, 6.07) is 14.5. The van der Waals surface area contributed by atoms with Crippen LogP contribution in [0.2, 0.25) is 0 Å². The molecule has 0 atom stereocenters. The molecule has 0 aliphatic heterocycles. The van der Waals surface area contributed by atoms with Gasteiger partial charge in [-0.1, -0.05) is 48.0 Å². The second-order valence-corrected chi connectivity index (χ2v) is 4.71. The topological polar surface area (TPSA) is 18.5 Å². The molecule has 20 heavy (non-hydrogen) atoms. The molecule has 0 aromatic heterocycles. The van der Waals surface area contributed by atoms with E-state index >= 15 is 0 Å². The fourth-order valence-corrected chi connectivity index (χ4v) is 2.13. The van der Waals surface area contributed by atoms with Crippen LogP contribution in [0.4, 0.5) is 0 Å². The van der Waals surface area contributed by atoms with Gasteiger partial charge in [0.1, 0.15) is 0 Å². The van der Waals surface area contributed by atoms with Gasteiger partial charge in [0.15, 0.2) is 11.5 Å². The summed E-state index contributed by atoms with van der Waals surface area (Å²) in [5.74, 6) is 1.51. The van der Waals surface area contributed by atoms with Gasteiger partial charge < -0.3 is 9.47 Å². The number of rotatable bonds is 5. The molecule has 0 heterocycles. The highest BCUT2D eigenvalue weighted by molar-refractivity contribution is 5.56. The van der Waals surface area contributed by atoms with Crippen molar-refractivity contribution in [3.63, 3.8) is 0 Å². The zero-order chi connectivity index (χ0) is 14.4. The Kier molecular flexibility index (Phi) is 4.83. The highest BCUT2D eigenvalue weighted by Gasteiger charge is 2.02. The minimum absolute atomic E-state index is 0.753. The lowest BCUT2D eigenvalue weighted by Gasteiger charge is -2.07. The van der Waals surface area contributed by atoms with E-state index in [1.165, 1.54) is 11.1 Å². The van der Waals surface area contributed by atoms with Crippen molar-refractivity contribution in [3.8, 4) is 11.5 Å². The summed E-state index contributed by atoms with van der Waals surface area (Å²) in [6.07, 6.45) is 5.19. The molecule has 2 rings (SSSR count). The standard InChI is InChI=1S/C18H20O2/c1-14-6-4-7-15(12-14)8-5-9-16-10-11-17(19-2)18(13-16)20-3/h4-7,9-13H,8H2,1-3H3/b9-5+. The lowest BCUT2D eigenvalue weighted by atomic mass is 10.1. The molecule has 0 saturated heterocycles. The van der Waals surface area contributed by atoms with E-state index in [1.54, 1.807) is 14.2 Å². The van der Waals surface area contributed by atoms with Crippen LogP contribution < -0.4 is 9.47 Å². The van der Waals surface area contributed by atoms with Crippen molar-refractivity contribution in [3.05, 3.63) is 65.2 Å². The fourth-order valence-electron chi connectivity index (χ4n) is 2.13. The molecule has 2 nitrogen and oxygen atoms in total. The minimum Gasteiger partial charge on any atom is -0.493 e. The predicted octanol–water partition coefficient (Wildman–Crippen LogP) is 4.27. The Bertz CT molecular complexity index is 600. The molecule has 0 amide bonds. The van der Waals surface area contributed by atoms with E-state index < -0.39 is 0 Å². The number of methoxy groups -OCH3 is 2. The van der Waals surface area contributed by atoms with Gasteiger partial charge in [-0.2, -0.15) is 0 Å². The molecule has 0 aliphatic rings. The van der Waals surface area contributed by atoms with E-state index in [2.05, 4.69) is 43.3 Å². The van der Waals surface area contributed by atoms with Crippen LogP contribution in [0.25, 0.3) is 6.08 Å². The Hall–Kier alpha value is -2.22. The first-order valence-corrected chi connectivity index (χ1v) is 6.67. The third-order valence-corrected chi connectivity index (χ3v) is 3.15. The molecule has 0 radical (unpaired) electrons. The van der Waals surface area contributed by atoms with Crippen LogP contribution in [0.5, 0.6) is 11.5 Å². The van der Waals surface area contributed by atoms with Crippen LogP contribution in [0.3, 0.4) is 0 Å². The van der Waals surface area contributed by atoms with E-state index in [0.717, 1.165) is 23.5 Å². The van der Waals surface area contributed by atoms with Gasteiger partial charge in [0.05, 0.1) is 14.2 Å². The largest absolute Gasteiger partial charge is 0.493 e. The molecule has 0 aliphatic carbocycles. The molecule has 0 saturated carbocycles. The molecule has 0 N–H and O–H groups in total. The molecule has 104 valence electrons. The molecule has 2 aromatic rings. The van der Waals surface area contributed by atoms with Crippen molar-refractivity contribution in [2.45, 2.75) is 13.3 Å². The summed E-state index contributed by atoms with van der Waals surface area (Å²) < 4.78 is 10.5. The molecule has 0 bridgehead atoms. The Morgan fingerprint density at radius 1 is 0.950 bits per heavy atom. The van der Waals surface area contributed by atoms with Gasteiger partial charge >= 0.3 is 0 Å². The van der Waals surface area contributed by atoms with Crippen molar-refractivity contribution in [2.24, 2.45) is 0 Å². The summed E-state index contributed by atoms with van der Waals surface area (Å²) in [5.41, 5.74) is 3.72. The number of ether oxygens (including phenoxy) is 2. The van der Waals surface area contributed by atoms with Crippen molar-refractivity contribution in [1.82, 2.24) is 0 Å². The van der Waals surface area contributed by atoms with Gasteiger partial charge in [0, 0.05) is 0 Å². The van der Waals surface area contributed by atoms with E-state index in [0.29, 0.717) is 0 Å². The number of hydrogen-bond donors (Lipinski definition) is 0. The first-order valence-electron chi connectivity index (χ1n) is 6.67. The second kappa shape index (κ2) is 6.80. The van der Waals surface area contributed by atoms with Crippen molar-refractivity contribution < 1.29 is 9.47 Å². The zero-order valence-corrected chi connectivity index (χ0v) is 12.2. The SMILES string of the molecule is COc1ccc(/C=C/Cc2cccc(C)c2)cc1OC. The second-order valence-electron chi connectivity index (χ2n) is 4.71. The Morgan fingerprint density at radius 2 is 1.75 bits per heavy atom. The van der Waals surface area contributed by atoms with Crippen molar-refractivity contribution in [1.29, 1.82) is 0 Å². The normalized spacial score (nSPS) is 10.8. The van der Waals surface area contributed by atoms with Crippen LogP contribution in [0.1, 0.15) is 16.7 Å². The fraction of sp³-hybridized carbons (Fsp3) is 0.222. The predicted molar refractivity (Wildman–Crippen MR) is 83.5 cm³/mol. The van der Waals surface area contributed by atoms with E-state index in [9.17, 15) is 0 Å². The van der Waals surface area contributed by atoms with Crippen LogP contribution in [0, 0.1) is 6.92 Å². The summed E-state index contributed by atoms with van der Waals surface area (Å²) in [6.45, 7) is 2.11. The number of hydrogen-bond acceptors (Lipinski definition) is 2. The van der Waals surface area contributed by atoms with Gasteiger partial charge in [0.2, 0.25) is 0 Å². The van der Waals surface area contributed by atoms with Crippen LogP contribution in [0.15, 0.2) is 48.5 Å². The maximum Gasteiger partial charge on any atom is 0.161 e. The summed E-state index contributed by atoms with van der Waals surface area (Å²) in [4.78, 5) is 0.